The monoisotopic (exact) mass is 1050 g/mol. The van der Waals surface area contributed by atoms with E-state index in [1.165, 1.54) is 167 Å². The van der Waals surface area contributed by atoms with Gasteiger partial charge in [-0.15, -0.1) is 0 Å². The zero-order valence-corrected chi connectivity index (χ0v) is 47.6. The summed E-state index contributed by atoms with van der Waals surface area (Å²) in [5, 5.41) is 76.2. The first-order valence-corrected chi connectivity index (χ1v) is 31.0. The summed E-state index contributed by atoms with van der Waals surface area (Å²) in [6.45, 7) is 3.46. The summed E-state index contributed by atoms with van der Waals surface area (Å²) in [5.74, 6) is -0.715. The first-order valence-electron chi connectivity index (χ1n) is 31.0. The third-order valence-corrected chi connectivity index (χ3v) is 14.8. The first kappa shape index (κ1) is 70.1. The highest BCUT2D eigenvalue weighted by Gasteiger charge is 2.44. The number of rotatable bonds is 53. The molecule has 1 amide bonds. The molecule has 11 heteroatoms. The number of unbranched alkanes of at least 4 members (excludes halogenated alkanes) is 33. The lowest BCUT2D eigenvalue weighted by Crippen LogP contribution is -2.60. The Bertz CT molecular complexity index is 1340. The van der Waals surface area contributed by atoms with E-state index in [-0.39, 0.29) is 12.8 Å². The van der Waals surface area contributed by atoms with Gasteiger partial charge in [0.05, 0.1) is 25.4 Å². The van der Waals surface area contributed by atoms with Crippen molar-refractivity contribution in [1.29, 1.82) is 0 Å². The van der Waals surface area contributed by atoms with E-state index >= 15 is 0 Å². The molecular formula is C63H117NO10. The molecule has 0 aromatic rings. The minimum absolute atomic E-state index is 0.239. The zero-order chi connectivity index (χ0) is 54.0. The number of carbonyl (C=O) groups is 1. The topological polar surface area (TPSA) is 189 Å². The molecule has 1 heterocycles. The molecule has 1 fully saturated rings. The van der Waals surface area contributed by atoms with Gasteiger partial charge in [-0.25, -0.2) is 0 Å². The summed E-state index contributed by atoms with van der Waals surface area (Å²) >= 11 is 0. The van der Waals surface area contributed by atoms with Gasteiger partial charge in [0.1, 0.15) is 36.6 Å². The number of hydrogen-bond donors (Lipinski definition) is 8. The molecule has 1 aliphatic heterocycles. The summed E-state index contributed by atoms with van der Waals surface area (Å²) in [6.07, 6.45) is 54.6. The fourth-order valence-corrected chi connectivity index (χ4v) is 9.76. The third-order valence-electron chi connectivity index (χ3n) is 14.8. The van der Waals surface area contributed by atoms with Crippen LogP contribution in [0.3, 0.4) is 0 Å². The lowest BCUT2D eigenvalue weighted by Gasteiger charge is -2.40. The van der Waals surface area contributed by atoms with Crippen LogP contribution in [0.25, 0.3) is 0 Å². The molecule has 0 bridgehead atoms. The Balaban J connectivity index is 2.33. The number of hydrogen-bond acceptors (Lipinski definition) is 10. The van der Waals surface area contributed by atoms with Crippen LogP contribution in [0.2, 0.25) is 0 Å². The second-order valence-corrected chi connectivity index (χ2v) is 21.7. The molecule has 0 spiro atoms. The normalized spacial score (nSPS) is 20.1. The predicted octanol–water partition coefficient (Wildman–Crippen LogP) is 13.6. The van der Waals surface area contributed by atoms with E-state index in [0.29, 0.717) is 19.3 Å². The second kappa shape index (κ2) is 51.8. The molecule has 1 saturated heterocycles. The molecule has 0 saturated carbocycles. The van der Waals surface area contributed by atoms with E-state index in [1.807, 2.05) is 0 Å². The van der Waals surface area contributed by atoms with Gasteiger partial charge in [-0.2, -0.15) is 0 Å². The summed E-state index contributed by atoms with van der Waals surface area (Å²) < 4.78 is 11.1. The van der Waals surface area contributed by atoms with E-state index in [4.69, 9.17) is 9.47 Å². The molecule has 0 aliphatic carbocycles. The quantitative estimate of drug-likeness (QED) is 0.0215. The molecular weight excluding hydrogens is 931 g/mol. The Kier molecular flexibility index (Phi) is 49.1. The van der Waals surface area contributed by atoms with Crippen molar-refractivity contribution in [3.63, 3.8) is 0 Å². The maximum absolute atomic E-state index is 13.2. The molecule has 11 nitrogen and oxygen atoms in total. The van der Waals surface area contributed by atoms with Gasteiger partial charge in [0, 0.05) is 0 Å². The minimum Gasteiger partial charge on any atom is -0.394 e. The molecule has 9 atom stereocenters. The highest BCUT2D eigenvalue weighted by atomic mass is 16.7. The standard InChI is InChI=1S/C63H117NO10/c1-3-5-7-9-11-13-15-17-19-21-23-25-27-28-29-31-32-34-36-38-40-42-44-46-48-50-55(66)58(68)54(53-73-63-61(71)60(70)59(69)57(52-65)74-63)64-62(72)56(67)51-49-47-45-43-41-39-37-35-33-30-26-24-22-20-18-16-14-12-10-8-6-4-2/h28-29,33-36,42,44,54-61,63,65-71H,3-27,30-32,37-41,43,45-53H2,1-2H3,(H,64,72)/b29-28+,35-33-,36-34+,44-42+. The van der Waals surface area contributed by atoms with Crippen molar-refractivity contribution in [1.82, 2.24) is 5.32 Å². The number of allylic oxidation sites excluding steroid dienone is 8. The van der Waals surface area contributed by atoms with Gasteiger partial charge >= 0.3 is 0 Å². The van der Waals surface area contributed by atoms with Gasteiger partial charge in [-0.05, 0) is 89.9 Å². The first-order chi connectivity index (χ1) is 36.2. The Hall–Kier alpha value is -1.93. The van der Waals surface area contributed by atoms with E-state index in [1.54, 1.807) is 0 Å². The smallest absolute Gasteiger partial charge is 0.249 e. The van der Waals surface area contributed by atoms with Crippen molar-refractivity contribution in [3.8, 4) is 0 Å². The van der Waals surface area contributed by atoms with Crippen LogP contribution in [0.1, 0.15) is 277 Å². The van der Waals surface area contributed by atoms with Crippen molar-refractivity contribution in [2.45, 2.75) is 332 Å². The molecule has 74 heavy (non-hydrogen) atoms. The summed E-state index contributed by atoms with van der Waals surface area (Å²) in [5.41, 5.74) is 0. The van der Waals surface area contributed by atoms with E-state index in [0.717, 1.165) is 64.2 Å². The van der Waals surface area contributed by atoms with Crippen molar-refractivity contribution < 1.29 is 50.0 Å². The minimum atomic E-state index is -1.68. The average Bonchev–Trinajstić information content (AvgIpc) is 3.40. The van der Waals surface area contributed by atoms with Crippen molar-refractivity contribution in [3.05, 3.63) is 48.6 Å². The number of amides is 1. The van der Waals surface area contributed by atoms with Crippen molar-refractivity contribution >= 4 is 5.91 Å². The van der Waals surface area contributed by atoms with E-state index in [9.17, 15) is 40.5 Å². The van der Waals surface area contributed by atoms with Crippen LogP contribution in [0, 0.1) is 0 Å². The van der Waals surface area contributed by atoms with Crippen LogP contribution in [0.15, 0.2) is 48.6 Å². The zero-order valence-electron chi connectivity index (χ0n) is 47.6. The fourth-order valence-electron chi connectivity index (χ4n) is 9.76. The summed E-state index contributed by atoms with van der Waals surface area (Å²) in [7, 11) is 0. The lowest BCUT2D eigenvalue weighted by molar-refractivity contribution is -0.303. The van der Waals surface area contributed by atoms with Crippen LogP contribution >= 0.6 is 0 Å². The number of ether oxygens (including phenoxy) is 2. The van der Waals surface area contributed by atoms with E-state index < -0.39 is 74.2 Å². The molecule has 0 aromatic carbocycles. The lowest BCUT2D eigenvalue weighted by atomic mass is 9.98. The Morgan fingerprint density at radius 2 is 0.811 bits per heavy atom. The molecule has 434 valence electrons. The molecule has 1 rings (SSSR count). The Morgan fingerprint density at radius 3 is 1.20 bits per heavy atom. The van der Waals surface area contributed by atoms with Gasteiger partial charge in [0.25, 0.3) is 0 Å². The SMILES string of the molecule is CCCCCCCCCCCCCC/C=C\CCCCCCCCC(O)C(=O)NC(COC1OC(CO)C(O)C(O)C1O)C(O)C(O)CCC/C=C/CC/C=C/CC/C=C/CCCCCCCCCCCCCC. The number of aliphatic hydroxyl groups is 7. The fraction of sp³-hybridized carbons (Fsp3) is 0.857. The maximum atomic E-state index is 13.2. The second-order valence-electron chi connectivity index (χ2n) is 21.7. The largest absolute Gasteiger partial charge is 0.394 e. The van der Waals surface area contributed by atoms with Gasteiger partial charge in [0.15, 0.2) is 6.29 Å². The predicted molar refractivity (Wildman–Crippen MR) is 307 cm³/mol. The van der Waals surface area contributed by atoms with Crippen LogP contribution in [-0.2, 0) is 14.3 Å². The number of nitrogens with one attached hydrogen (secondary N) is 1. The van der Waals surface area contributed by atoms with Crippen LogP contribution in [-0.4, -0.2) is 110 Å². The maximum Gasteiger partial charge on any atom is 0.249 e. The molecule has 0 radical (unpaired) electrons. The van der Waals surface area contributed by atoms with Gasteiger partial charge in [-0.3, -0.25) is 4.79 Å². The van der Waals surface area contributed by atoms with Crippen molar-refractivity contribution in [2.24, 2.45) is 0 Å². The van der Waals surface area contributed by atoms with Gasteiger partial charge in [-0.1, -0.05) is 236 Å². The van der Waals surface area contributed by atoms with Gasteiger partial charge in [0.2, 0.25) is 5.91 Å². The molecule has 1 aliphatic rings. The number of carbonyl (C=O) groups excluding carboxylic acids is 1. The van der Waals surface area contributed by atoms with Crippen molar-refractivity contribution in [2.75, 3.05) is 13.2 Å². The highest BCUT2D eigenvalue weighted by molar-refractivity contribution is 5.80. The third kappa shape index (κ3) is 39.4. The molecule has 8 N–H and O–H groups in total. The summed E-state index contributed by atoms with van der Waals surface area (Å²) in [4.78, 5) is 13.2. The Morgan fingerprint density at radius 1 is 0.459 bits per heavy atom. The van der Waals surface area contributed by atoms with E-state index in [2.05, 4.69) is 67.8 Å². The number of aliphatic hydroxyl groups excluding tert-OH is 7. The van der Waals surface area contributed by atoms with Crippen LogP contribution in [0.4, 0.5) is 0 Å². The summed E-state index contributed by atoms with van der Waals surface area (Å²) in [6, 6.07) is -1.20. The molecule has 9 unspecified atom stereocenters. The Labute approximate surface area is 453 Å². The van der Waals surface area contributed by atoms with Crippen LogP contribution < -0.4 is 5.32 Å². The molecule has 0 aromatic heterocycles. The van der Waals surface area contributed by atoms with Crippen LogP contribution in [0.5, 0.6) is 0 Å². The average molecular weight is 1050 g/mol. The van der Waals surface area contributed by atoms with Gasteiger partial charge < -0.3 is 50.5 Å². The highest BCUT2D eigenvalue weighted by Crippen LogP contribution is 2.23.